The van der Waals surface area contributed by atoms with Gasteiger partial charge in [0.05, 0.1) is 0 Å². The molecule has 0 rings (SSSR count). The van der Waals surface area contributed by atoms with E-state index in [1.807, 2.05) is 0 Å². The van der Waals surface area contributed by atoms with Gasteiger partial charge in [0.2, 0.25) is 0 Å². The lowest BCUT2D eigenvalue weighted by Crippen LogP contribution is -2.39. The molecule has 0 aromatic heterocycles. The molecule has 0 aliphatic heterocycles. The Bertz CT molecular complexity index is 245. The molecule has 0 unspecified atom stereocenters. The van der Waals surface area contributed by atoms with Gasteiger partial charge in [-0.15, -0.1) is 0 Å². The highest BCUT2D eigenvalue weighted by molar-refractivity contribution is 7.47. The minimum Gasteiger partial charge on any atom is -0.325 e. The highest BCUT2D eigenvalue weighted by Gasteiger charge is 2.22. The van der Waals surface area contributed by atoms with E-state index in [1.165, 1.54) is 57.8 Å². The van der Waals surface area contributed by atoms with Crippen molar-refractivity contribution in [1.29, 1.82) is 0 Å². The first-order valence-electron chi connectivity index (χ1n) is 8.03. The lowest BCUT2D eigenvalue weighted by Gasteiger charge is -2.29. The smallest absolute Gasteiger partial charge is 0.325 e. The van der Waals surface area contributed by atoms with Crippen LogP contribution in [-0.4, -0.2) is 24.7 Å². The van der Waals surface area contributed by atoms with Crippen LogP contribution in [0.4, 0.5) is 0 Å². The minimum absolute atomic E-state index is 0.155. The molecule has 0 spiro atoms. The molecule has 0 amide bonds. The normalized spacial score (nSPS) is 12.0. The van der Waals surface area contributed by atoms with Crippen molar-refractivity contribution in [2.75, 3.05) is 14.2 Å². The Kier molecular flexibility index (Phi) is 15.2. The van der Waals surface area contributed by atoms with Crippen molar-refractivity contribution < 1.29 is 18.5 Å². The maximum absolute atomic E-state index is 10.1. The highest BCUT2D eigenvalue weighted by Crippen LogP contribution is 2.40. The maximum Gasteiger partial charge on any atom is 0.471 e. The average Bonchev–Trinajstić information content (AvgIpc) is 2.50. The van der Waals surface area contributed by atoms with Crippen LogP contribution >= 0.6 is 7.82 Å². The molecule has 0 radical (unpaired) electrons. The molecule has 3 N–H and O–H groups in total. The summed E-state index contributed by atoms with van der Waals surface area (Å²) >= 11 is 0. The van der Waals surface area contributed by atoms with Crippen LogP contribution in [0, 0.1) is 0 Å². The van der Waals surface area contributed by atoms with Crippen molar-refractivity contribution in [3.8, 4) is 0 Å². The summed E-state index contributed by atoms with van der Waals surface area (Å²) in [6, 6.07) is 0. The number of phosphoric ester groups is 1. The molecule has 130 valence electrons. The Morgan fingerprint density at radius 1 is 0.905 bits per heavy atom. The predicted octanol–water partition coefficient (Wildman–Crippen LogP) is 4.63. The topological polar surface area (TPSA) is 81.8 Å². The van der Waals surface area contributed by atoms with Crippen LogP contribution in [0.2, 0.25) is 0 Å². The van der Waals surface area contributed by atoms with E-state index in [-0.39, 0.29) is 5.54 Å². The third-order valence-corrected chi connectivity index (χ3v) is 4.47. The number of nitrogens with two attached hydrogens (primary N) is 1. The van der Waals surface area contributed by atoms with Gasteiger partial charge in [0.25, 0.3) is 0 Å². The standard InChI is InChI=1S/C13H29N.C2H7O4P/c1-4-7-10-13(14,11-8-5-2)12-9-6-3;1-5-7(3,4)6-2/h4-12,14H2,1-3H3;1-2H3,(H,3,4). The summed E-state index contributed by atoms with van der Waals surface area (Å²) in [4.78, 5) is 8.24. The molecular weight excluding hydrogens is 289 g/mol. The summed E-state index contributed by atoms with van der Waals surface area (Å²) in [5, 5.41) is 0. The van der Waals surface area contributed by atoms with Crippen molar-refractivity contribution in [2.45, 2.75) is 84.1 Å². The Balaban J connectivity index is 0. The molecule has 0 aliphatic rings. The molecule has 0 aromatic carbocycles. The van der Waals surface area contributed by atoms with Crippen LogP contribution in [0.25, 0.3) is 0 Å². The number of hydrogen-bond donors (Lipinski definition) is 2. The van der Waals surface area contributed by atoms with Gasteiger partial charge in [0, 0.05) is 19.8 Å². The van der Waals surface area contributed by atoms with Gasteiger partial charge in [-0.05, 0) is 19.3 Å². The molecule has 21 heavy (non-hydrogen) atoms. The third kappa shape index (κ3) is 14.8. The van der Waals surface area contributed by atoms with Crippen molar-refractivity contribution in [2.24, 2.45) is 5.73 Å². The Labute approximate surface area is 131 Å². The van der Waals surface area contributed by atoms with Gasteiger partial charge in [-0.1, -0.05) is 59.3 Å². The van der Waals surface area contributed by atoms with Crippen molar-refractivity contribution in [3.05, 3.63) is 0 Å². The number of hydrogen-bond acceptors (Lipinski definition) is 4. The number of phosphoric acid groups is 1. The summed E-state index contributed by atoms with van der Waals surface area (Å²) in [7, 11) is -1.45. The van der Waals surface area contributed by atoms with Gasteiger partial charge in [-0.2, -0.15) is 0 Å². The molecule has 0 saturated carbocycles. The lowest BCUT2D eigenvalue weighted by molar-refractivity contribution is 0.204. The monoisotopic (exact) mass is 325 g/mol. The van der Waals surface area contributed by atoms with E-state index >= 15 is 0 Å². The minimum atomic E-state index is -3.65. The Hall–Kier alpha value is 0.0700. The fraction of sp³-hybridized carbons (Fsp3) is 1.00. The predicted molar refractivity (Wildman–Crippen MR) is 89.3 cm³/mol. The van der Waals surface area contributed by atoms with Crippen molar-refractivity contribution in [1.82, 2.24) is 0 Å². The van der Waals surface area contributed by atoms with Gasteiger partial charge < -0.3 is 10.6 Å². The molecule has 0 atom stereocenters. The fourth-order valence-electron chi connectivity index (χ4n) is 2.04. The second-order valence-corrected chi connectivity index (χ2v) is 7.17. The zero-order chi connectivity index (χ0) is 16.8. The van der Waals surface area contributed by atoms with Crippen molar-refractivity contribution in [3.63, 3.8) is 0 Å². The SMILES string of the molecule is CCCCC(N)(CCCC)CCCC.COP(=O)(O)OC. The van der Waals surface area contributed by atoms with Gasteiger partial charge >= 0.3 is 7.82 Å². The lowest BCUT2D eigenvalue weighted by atomic mass is 9.84. The van der Waals surface area contributed by atoms with Crippen molar-refractivity contribution >= 4 is 7.82 Å². The number of rotatable bonds is 11. The highest BCUT2D eigenvalue weighted by atomic mass is 31.2. The summed E-state index contributed by atoms with van der Waals surface area (Å²) in [6.45, 7) is 6.75. The molecule has 6 heteroatoms. The van der Waals surface area contributed by atoms with Gasteiger partial charge in [0.1, 0.15) is 0 Å². The summed E-state index contributed by atoms with van der Waals surface area (Å²) in [5.41, 5.74) is 6.61. The van der Waals surface area contributed by atoms with E-state index in [4.69, 9.17) is 10.6 Å². The summed E-state index contributed by atoms with van der Waals surface area (Å²) in [5.74, 6) is 0. The van der Waals surface area contributed by atoms with Crippen LogP contribution in [0.1, 0.15) is 78.6 Å². The zero-order valence-corrected chi connectivity index (χ0v) is 15.5. The van der Waals surface area contributed by atoms with Crippen LogP contribution in [0.15, 0.2) is 0 Å². The van der Waals surface area contributed by atoms with E-state index in [0.29, 0.717) is 0 Å². The molecule has 0 bridgehead atoms. The van der Waals surface area contributed by atoms with Crippen LogP contribution in [0.3, 0.4) is 0 Å². The van der Waals surface area contributed by atoms with Crippen LogP contribution < -0.4 is 5.73 Å². The maximum atomic E-state index is 10.1. The summed E-state index contributed by atoms with van der Waals surface area (Å²) in [6.07, 6.45) is 11.4. The fourth-order valence-corrected chi connectivity index (χ4v) is 2.19. The van der Waals surface area contributed by atoms with E-state index in [2.05, 4.69) is 29.8 Å². The number of unbranched alkanes of at least 4 members (excludes halogenated alkanes) is 3. The first-order valence-corrected chi connectivity index (χ1v) is 9.53. The third-order valence-electron chi connectivity index (χ3n) is 3.55. The summed E-state index contributed by atoms with van der Waals surface area (Å²) < 4.78 is 18.0. The van der Waals surface area contributed by atoms with Crippen LogP contribution in [-0.2, 0) is 13.6 Å². The first-order chi connectivity index (χ1) is 9.80. The van der Waals surface area contributed by atoms with E-state index in [0.717, 1.165) is 14.2 Å². The average molecular weight is 325 g/mol. The Morgan fingerprint density at radius 2 is 1.19 bits per heavy atom. The van der Waals surface area contributed by atoms with Gasteiger partial charge in [-0.25, -0.2) is 4.57 Å². The van der Waals surface area contributed by atoms with E-state index in [1.54, 1.807) is 0 Å². The van der Waals surface area contributed by atoms with Gasteiger partial charge in [-0.3, -0.25) is 9.05 Å². The molecule has 5 nitrogen and oxygen atoms in total. The molecule has 0 aromatic rings. The quantitative estimate of drug-likeness (QED) is 0.541. The largest absolute Gasteiger partial charge is 0.471 e. The molecule has 0 heterocycles. The van der Waals surface area contributed by atoms with Gasteiger partial charge in [0.15, 0.2) is 0 Å². The molecule has 0 aliphatic carbocycles. The van der Waals surface area contributed by atoms with E-state index < -0.39 is 7.82 Å². The molecule has 0 saturated heterocycles. The molecular formula is C15H36NO4P. The zero-order valence-electron chi connectivity index (χ0n) is 14.6. The second-order valence-electron chi connectivity index (χ2n) is 5.51. The Morgan fingerprint density at radius 3 is 1.33 bits per heavy atom. The molecule has 0 fully saturated rings. The van der Waals surface area contributed by atoms with Crippen LogP contribution in [0.5, 0.6) is 0 Å². The second kappa shape index (κ2) is 13.7. The van der Waals surface area contributed by atoms with E-state index in [9.17, 15) is 4.57 Å². The first kappa shape index (κ1) is 23.3.